The largest absolute Gasteiger partial charge is 0.396 e. The molecule has 0 radical (unpaired) electrons. The lowest BCUT2D eigenvalue weighted by atomic mass is 10.1. The van der Waals surface area contributed by atoms with Crippen LogP contribution in [0.25, 0.3) is 0 Å². The van der Waals surface area contributed by atoms with Crippen molar-refractivity contribution in [2.45, 2.75) is 19.0 Å². The highest BCUT2D eigenvalue weighted by atomic mass is 32.2. The van der Waals surface area contributed by atoms with Crippen molar-refractivity contribution >= 4 is 15.5 Å². The molecule has 1 aliphatic heterocycles. The Morgan fingerprint density at radius 1 is 1.50 bits per heavy atom. The fourth-order valence-corrected chi connectivity index (χ4v) is 4.01. The molecule has 0 aliphatic carbocycles. The summed E-state index contributed by atoms with van der Waals surface area (Å²) in [5.41, 5.74) is 6.34. The van der Waals surface area contributed by atoms with Crippen molar-refractivity contribution in [2.75, 3.05) is 24.3 Å². The lowest BCUT2D eigenvalue weighted by Crippen LogP contribution is -2.32. The zero-order valence-electron chi connectivity index (χ0n) is 10.3. The smallest absolute Gasteiger partial charge is 0.151 e. The van der Waals surface area contributed by atoms with Crippen molar-refractivity contribution in [1.82, 2.24) is 4.90 Å². The summed E-state index contributed by atoms with van der Waals surface area (Å²) in [6.45, 7) is 0.525. The first-order chi connectivity index (χ1) is 8.37. The number of halogens is 1. The Bertz CT molecular complexity index is 545. The predicted molar refractivity (Wildman–Crippen MR) is 69.3 cm³/mol. The molecule has 0 saturated carbocycles. The zero-order chi connectivity index (χ0) is 13.3. The molecule has 0 aromatic heterocycles. The van der Waals surface area contributed by atoms with Crippen molar-refractivity contribution < 1.29 is 12.8 Å². The van der Waals surface area contributed by atoms with Gasteiger partial charge in [-0.1, -0.05) is 6.07 Å². The van der Waals surface area contributed by atoms with Gasteiger partial charge in [0.15, 0.2) is 9.84 Å². The second-order valence-electron chi connectivity index (χ2n) is 4.83. The molecular formula is C12H17FN2O2S. The molecule has 1 heterocycles. The Kier molecular flexibility index (Phi) is 3.59. The van der Waals surface area contributed by atoms with Gasteiger partial charge >= 0.3 is 0 Å². The Balaban J connectivity index is 2.03. The monoisotopic (exact) mass is 272 g/mol. The summed E-state index contributed by atoms with van der Waals surface area (Å²) in [6.07, 6.45) is 0.649. The van der Waals surface area contributed by atoms with Crippen LogP contribution in [0.4, 0.5) is 10.1 Å². The van der Waals surface area contributed by atoms with E-state index in [1.807, 2.05) is 11.9 Å². The Labute approximate surface area is 107 Å². The highest BCUT2D eigenvalue weighted by Crippen LogP contribution is 2.19. The third-order valence-electron chi connectivity index (χ3n) is 3.33. The Morgan fingerprint density at radius 2 is 2.22 bits per heavy atom. The van der Waals surface area contributed by atoms with Gasteiger partial charge in [0.05, 0.1) is 17.2 Å². The van der Waals surface area contributed by atoms with Gasteiger partial charge in [-0.15, -0.1) is 0 Å². The molecule has 1 aliphatic rings. The van der Waals surface area contributed by atoms with Gasteiger partial charge in [-0.3, -0.25) is 4.90 Å². The van der Waals surface area contributed by atoms with Gasteiger partial charge in [0, 0.05) is 12.6 Å². The first-order valence-corrected chi connectivity index (χ1v) is 7.64. The van der Waals surface area contributed by atoms with Gasteiger partial charge in [0.1, 0.15) is 5.82 Å². The average molecular weight is 272 g/mol. The van der Waals surface area contributed by atoms with Crippen molar-refractivity contribution in [3.05, 3.63) is 29.6 Å². The van der Waals surface area contributed by atoms with Gasteiger partial charge in [-0.25, -0.2) is 12.8 Å². The van der Waals surface area contributed by atoms with E-state index in [2.05, 4.69) is 0 Å². The SMILES string of the molecule is CN(Cc1ccc(N)c(F)c1)C1CCS(=O)(=O)C1. The number of sulfone groups is 1. The number of nitrogen functional groups attached to an aromatic ring is 1. The maximum atomic E-state index is 13.3. The summed E-state index contributed by atoms with van der Waals surface area (Å²) < 4.78 is 36.1. The summed E-state index contributed by atoms with van der Waals surface area (Å²) in [5.74, 6) is 0.0129. The van der Waals surface area contributed by atoms with Crippen LogP contribution in [-0.2, 0) is 16.4 Å². The highest BCUT2D eigenvalue weighted by Gasteiger charge is 2.30. The van der Waals surface area contributed by atoms with Crippen LogP contribution in [0.5, 0.6) is 0 Å². The fourth-order valence-electron chi connectivity index (χ4n) is 2.21. The van der Waals surface area contributed by atoms with Gasteiger partial charge in [-0.05, 0) is 31.2 Å². The summed E-state index contributed by atoms with van der Waals surface area (Å²) in [4.78, 5) is 1.95. The molecule has 100 valence electrons. The molecule has 4 nitrogen and oxygen atoms in total. The van der Waals surface area contributed by atoms with Crippen LogP contribution < -0.4 is 5.73 Å². The van der Waals surface area contributed by atoms with E-state index < -0.39 is 15.7 Å². The lowest BCUT2D eigenvalue weighted by molar-refractivity contribution is 0.253. The number of benzene rings is 1. The summed E-state index contributed by atoms with van der Waals surface area (Å²) in [5, 5.41) is 0. The van der Waals surface area contributed by atoms with Gasteiger partial charge in [0.25, 0.3) is 0 Å². The van der Waals surface area contributed by atoms with Crippen LogP contribution in [0.3, 0.4) is 0 Å². The van der Waals surface area contributed by atoms with Gasteiger partial charge in [0.2, 0.25) is 0 Å². The van der Waals surface area contributed by atoms with Crippen LogP contribution in [0.15, 0.2) is 18.2 Å². The topological polar surface area (TPSA) is 63.4 Å². The molecule has 1 unspecified atom stereocenters. The quantitative estimate of drug-likeness (QED) is 0.835. The molecule has 0 amide bonds. The third-order valence-corrected chi connectivity index (χ3v) is 5.08. The van der Waals surface area contributed by atoms with Crippen molar-refractivity contribution in [3.8, 4) is 0 Å². The molecule has 1 atom stereocenters. The van der Waals surface area contributed by atoms with E-state index in [0.717, 1.165) is 5.56 Å². The normalized spacial score (nSPS) is 22.5. The third kappa shape index (κ3) is 3.00. The van der Waals surface area contributed by atoms with E-state index in [4.69, 9.17) is 5.73 Å². The van der Waals surface area contributed by atoms with E-state index in [1.165, 1.54) is 12.1 Å². The van der Waals surface area contributed by atoms with Gasteiger partial charge in [-0.2, -0.15) is 0 Å². The lowest BCUT2D eigenvalue weighted by Gasteiger charge is -2.23. The molecular weight excluding hydrogens is 255 g/mol. The first kappa shape index (κ1) is 13.3. The Hall–Kier alpha value is -1.14. The van der Waals surface area contributed by atoms with Gasteiger partial charge < -0.3 is 5.73 Å². The number of anilines is 1. The maximum absolute atomic E-state index is 13.3. The summed E-state index contributed by atoms with van der Waals surface area (Å²) >= 11 is 0. The van der Waals surface area contributed by atoms with Crippen molar-refractivity contribution in [1.29, 1.82) is 0 Å². The summed E-state index contributed by atoms with van der Waals surface area (Å²) in [7, 11) is -1.02. The molecule has 6 heteroatoms. The Morgan fingerprint density at radius 3 is 2.78 bits per heavy atom. The minimum Gasteiger partial charge on any atom is -0.396 e. The van der Waals surface area contributed by atoms with Crippen LogP contribution in [0.1, 0.15) is 12.0 Å². The number of nitrogens with zero attached hydrogens (tertiary/aromatic N) is 1. The molecule has 1 aromatic carbocycles. The fraction of sp³-hybridized carbons (Fsp3) is 0.500. The van der Waals surface area contributed by atoms with Crippen LogP contribution in [0, 0.1) is 5.82 Å². The minimum absolute atomic E-state index is 0.0237. The number of hydrogen-bond acceptors (Lipinski definition) is 4. The number of rotatable bonds is 3. The van der Waals surface area contributed by atoms with E-state index in [0.29, 0.717) is 13.0 Å². The molecule has 2 N–H and O–H groups in total. The standard InChI is InChI=1S/C12H17FN2O2S/c1-15(10-4-5-18(16,17)8-10)7-9-2-3-12(14)11(13)6-9/h2-3,6,10H,4-5,7-8,14H2,1H3. The minimum atomic E-state index is -2.88. The molecule has 0 spiro atoms. The second-order valence-corrected chi connectivity index (χ2v) is 7.06. The first-order valence-electron chi connectivity index (χ1n) is 5.82. The zero-order valence-corrected chi connectivity index (χ0v) is 11.1. The maximum Gasteiger partial charge on any atom is 0.151 e. The number of nitrogens with two attached hydrogens (primary N) is 1. The summed E-state index contributed by atoms with van der Waals surface area (Å²) in [6, 6.07) is 4.72. The van der Waals surface area contributed by atoms with Crippen molar-refractivity contribution in [3.63, 3.8) is 0 Å². The molecule has 1 aromatic rings. The average Bonchev–Trinajstić information content (AvgIpc) is 2.64. The van der Waals surface area contributed by atoms with E-state index >= 15 is 0 Å². The molecule has 18 heavy (non-hydrogen) atoms. The second kappa shape index (κ2) is 4.85. The van der Waals surface area contributed by atoms with Crippen molar-refractivity contribution in [2.24, 2.45) is 0 Å². The molecule has 1 fully saturated rings. The molecule has 2 rings (SSSR count). The van der Waals surface area contributed by atoms with Crippen LogP contribution in [0.2, 0.25) is 0 Å². The van der Waals surface area contributed by atoms with Crippen LogP contribution in [-0.4, -0.2) is 37.9 Å². The number of hydrogen-bond donors (Lipinski definition) is 1. The van der Waals surface area contributed by atoms with Crippen LogP contribution >= 0.6 is 0 Å². The van der Waals surface area contributed by atoms with E-state index in [-0.39, 0.29) is 23.2 Å². The highest BCUT2D eigenvalue weighted by molar-refractivity contribution is 7.91. The van der Waals surface area contributed by atoms with E-state index in [9.17, 15) is 12.8 Å². The predicted octanol–water partition coefficient (Wildman–Crippen LogP) is 1.03. The molecule has 0 bridgehead atoms. The molecule has 1 saturated heterocycles. The van der Waals surface area contributed by atoms with E-state index in [1.54, 1.807) is 6.07 Å².